The first kappa shape index (κ1) is 16.1. The van der Waals surface area contributed by atoms with Crippen LogP contribution in [0.3, 0.4) is 0 Å². The van der Waals surface area contributed by atoms with Crippen LogP contribution >= 0.6 is 0 Å². The molecule has 0 heterocycles. The maximum absolute atomic E-state index is 12.1. The third kappa shape index (κ3) is 3.32. The van der Waals surface area contributed by atoms with Gasteiger partial charge >= 0.3 is 0 Å². The van der Waals surface area contributed by atoms with Gasteiger partial charge in [-0.1, -0.05) is 20.3 Å². The van der Waals surface area contributed by atoms with E-state index in [1.165, 1.54) is 26.0 Å². The standard InChI is InChI=1S/C15H25N3O2S/c1-4-11-5-7-13(10(11)2)18-14-8-6-12(16)9-15(14)21(19,20)17-3/h6,8-11,13,17-18H,4-5,7,16H2,1-3H3. The lowest BCUT2D eigenvalue weighted by Crippen LogP contribution is -2.27. The molecule has 0 amide bonds. The average Bonchev–Trinajstić information content (AvgIpc) is 2.81. The number of nitrogens with one attached hydrogen (secondary N) is 2. The molecule has 5 nitrogen and oxygen atoms in total. The Hall–Kier alpha value is -1.27. The third-order valence-corrected chi connectivity index (χ3v) is 6.11. The van der Waals surface area contributed by atoms with Crippen LogP contribution < -0.4 is 15.8 Å². The van der Waals surface area contributed by atoms with Crippen LogP contribution in [0.4, 0.5) is 11.4 Å². The first-order valence-corrected chi connectivity index (χ1v) is 8.97. The molecule has 21 heavy (non-hydrogen) atoms. The molecule has 1 aliphatic rings. The summed E-state index contributed by atoms with van der Waals surface area (Å²) in [7, 11) is -2.11. The summed E-state index contributed by atoms with van der Waals surface area (Å²) < 4.78 is 26.6. The van der Waals surface area contributed by atoms with Crippen molar-refractivity contribution >= 4 is 21.4 Å². The van der Waals surface area contributed by atoms with Gasteiger partial charge in [0.05, 0.1) is 5.69 Å². The molecule has 2 rings (SSSR count). The number of benzene rings is 1. The van der Waals surface area contributed by atoms with Crippen LogP contribution in [0.15, 0.2) is 23.1 Å². The SMILES string of the molecule is CCC1CCC(Nc2ccc(N)cc2S(=O)(=O)NC)C1C. The minimum Gasteiger partial charge on any atom is -0.399 e. The Labute approximate surface area is 127 Å². The lowest BCUT2D eigenvalue weighted by molar-refractivity contribution is 0.391. The van der Waals surface area contributed by atoms with Crippen molar-refractivity contribution in [1.82, 2.24) is 4.72 Å². The molecule has 1 fully saturated rings. The maximum Gasteiger partial charge on any atom is 0.242 e. The van der Waals surface area contributed by atoms with E-state index in [2.05, 4.69) is 23.9 Å². The Balaban J connectivity index is 2.29. The fourth-order valence-corrected chi connectivity index (χ4v) is 4.15. The number of nitrogens with two attached hydrogens (primary N) is 1. The predicted octanol–water partition coefficient (Wildman–Crippen LogP) is 2.41. The van der Waals surface area contributed by atoms with Gasteiger partial charge in [0, 0.05) is 11.7 Å². The van der Waals surface area contributed by atoms with E-state index in [-0.39, 0.29) is 4.90 Å². The molecule has 1 saturated carbocycles. The lowest BCUT2D eigenvalue weighted by atomic mass is 9.93. The quantitative estimate of drug-likeness (QED) is 0.729. The summed E-state index contributed by atoms with van der Waals surface area (Å²) in [4.78, 5) is 0.220. The van der Waals surface area contributed by atoms with Gasteiger partial charge < -0.3 is 11.1 Å². The second-order valence-electron chi connectivity index (χ2n) is 5.82. The van der Waals surface area contributed by atoms with Crippen LogP contribution in [0.2, 0.25) is 0 Å². The van der Waals surface area contributed by atoms with Crippen LogP contribution in [0.1, 0.15) is 33.1 Å². The van der Waals surface area contributed by atoms with Gasteiger partial charge in [0.15, 0.2) is 0 Å². The van der Waals surface area contributed by atoms with Crippen LogP contribution in [-0.4, -0.2) is 21.5 Å². The predicted molar refractivity (Wildman–Crippen MR) is 86.7 cm³/mol. The molecule has 4 N–H and O–H groups in total. The molecule has 3 unspecified atom stereocenters. The van der Waals surface area contributed by atoms with Crippen molar-refractivity contribution in [2.75, 3.05) is 18.1 Å². The van der Waals surface area contributed by atoms with Crippen LogP contribution in [0.25, 0.3) is 0 Å². The highest BCUT2D eigenvalue weighted by Gasteiger charge is 2.32. The van der Waals surface area contributed by atoms with E-state index in [9.17, 15) is 8.42 Å². The minimum atomic E-state index is -3.52. The highest BCUT2D eigenvalue weighted by atomic mass is 32.2. The summed E-state index contributed by atoms with van der Waals surface area (Å²) in [6.07, 6.45) is 3.43. The number of hydrogen-bond acceptors (Lipinski definition) is 4. The smallest absolute Gasteiger partial charge is 0.242 e. The first-order chi connectivity index (χ1) is 9.89. The van der Waals surface area contributed by atoms with Crippen molar-refractivity contribution < 1.29 is 8.42 Å². The van der Waals surface area contributed by atoms with E-state index in [1.807, 2.05) is 0 Å². The van der Waals surface area contributed by atoms with Gasteiger partial charge in [0.1, 0.15) is 4.90 Å². The summed E-state index contributed by atoms with van der Waals surface area (Å²) in [5.41, 5.74) is 6.81. The Morgan fingerprint density at radius 1 is 1.33 bits per heavy atom. The summed E-state index contributed by atoms with van der Waals surface area (Å²) in [6, 6.07) is 5.30. The zero-order valence-electron chi connectivity index (χ0n) is 12.9. The van der Waals surface area contributed by atoms with Gasteiger partial charge in [-0.2, -0.15) is 0 Å². The summed E-state index contributed by atoms with van der Waals surface area (Å²) in [5.74, 6) is 1.25. The van der Waals surface area contributed by atoms with E-state index in [0.717, 1.165) is 6.42 Å². The summed E-state index contributed by atoms with van der Waals surface area (Å²) in [5, 5.41) is 3.42. The number of nitrogen functional groups attached to an aromatic ring is 1. The summed E-state index contributed by atoms with van der Waals surface area (Å²) in [6.45, 7) is 4.45. The van der Waals surface area contributed by atoms with E-state index in [4.69, 9.17) is 5.73 Å². The zero-order valence-corrected chi connectivity index (χ0v) is 13.7. The number of anilines is 2. The monoisotopic (exact) mass is 311 g/mol. The lowest BCUT2D eigenvalue weighted by Gasteiger charge is -2.23. The Bertz CT molecular complexity index is 601. The zero-order chi connectivity index (χ0) is 15.6. The largest absolute Gasteiger partial charge is 0.399 e. The van der Waals surface area contributed by atoms with Gasteiger partial charge in [-0.15, -0.1) is 0 Å². The Morgan fingerprint density at radius 3 is 2.62 bits per heavy atom. The van der Waals surface area contributed by atoms with Crippen LogP contribution in [0, 0.1) is 11.8 Å². The van der Waals surface area contributed by atoms with Gasteiger partial charge in [-0.05, 0) is 49.9 Å². The normalized spacial score (nSPS) is 26.0. The van der Waals surface area contributed by atoms with Gasteiger partial charge in [-0.3, -0.25) is 0 Å². The molecule has 6 heteroatoms. The van der Waals surface area contributed by atoms with Crippen molar-refractivity contribution in [1.29, 1.82) is 0 Å². The fourth-order valence-electron chi connectivity index (χ4n) is 3.22. The second-order valence-corrected chi connectivity index (χ2v) is 7.67. The fraction of sp³-hybridized carbons (Fsp3) is 0.600. The Kier molecular flexibility index (Phi) is 4.78. The molecular weight excluding hydrogens is 286 g/mol. The topological polar surface area (TPSA) is 84.2 Å². The molecule has 0 saturated heterocycles. The second kappa shape index (κ2) is 6.23. The van der Waals surface area contributed by atoms with Crippen molar-refractivity contribution in [3.63, 3.8) is 0 Å². The van der Waals surface area contributed by atoms with E-state index < -0.39 is 10.0 Å². The highest BCUT2D eigenvalue weighted by Crippen LogP contribution is 2.36. The average molecular weight is 311 g/mol. The molecule has 0 radical (unpaired) electrons. The van der Waals surface area contributed by atoms with Gasteiger partial charge in [0.2, 0.25) is 10.0 Å². The molecule has 0 aromatic heterocycles. The van der Waals surface area contributed by atoms with Crippen LogP contribution in [0.5, 0.6) is 0 Å². The van der Waals surface area contributed by atoms with Crippen LogP contribution in [-0.2, 0) is 10.0 Å². The molecule has 0 spiro atoms. The first-order valence-electron chi connectivity index (χ1n) is 7.48. The molecular formula is C15H25N3O2S. The minimum absolute atomic E-state index is 0.220. The number of rotatable bonds is 5. The Morgan fingerprint density at radius 2 is 2.05 bits per heavy atom. The van der Waals surface area contributed by atoms with Gasteiger partial charge in [-0.25, -0.2) is 13.1 Å². The maximum atomic E-state index is 12.1. The van der Waals surface area contributed by atoms with Crippen molar-refractivity contribution in [3.05, 3.63) is 18.2 Å². The molecule has 0 bridgehead atoms. The molecule has 1 aromatic carbocycles. The molecule has 118 valence electrons. The summed E-state index contributed by atoms with van der Waals surface area (Å²) >= 11 is 0. The van der Waals surface area contributed by atoms with Crippen molar-refractivity contribution in [2.24, 2.45) is 11.8 Å². The van der Waals surface area contributed by atoms with Crippen molar-refractivity contribution in [3.8, 4) is 0 Å². The third-order valence-electron chi connectivity index (χ3n) is 4.66. The molecule has 3 atom stereocenters. The molecule has 1 aliphatic carbocycles. The number of sulfonamides is 1. The number of hydrogen-bond donors (Lipinski definition) is 3. The van der Waals surface area contributed by atoms with E-state index >= 15 is 0 Å². The van der Waals surface area contributed by atoms with E-state index in [0.29, 0.717) is 29.3 Å². The molecule has 1 aromatic rings. The van der Waals surface area contributed by atoms with Crippen molar-refractivity contribution in [2.45, 2.75) is 44.0 Å². The van der Waals surface area contributed by atoms with Gasteiger partial charge in [0.25, 0.3) is 0 Å². The van der Waals surface area contributed by atoms with E-state index in [1.54, 1.807) is 12.1 Å². The molecule has 0 aliphatic heterocycles. The highest BCUT2D eigenvalue weighted by molar-refractivity contribution is 7.89.